The summed E-state index contributed by atoms with van der Waals surface area (Å²) >= 11 is 0. The molecule has 0 aliphatic rings. The fourth-order valence-electron chi connectivity index (χ4n) is 3.84. The van der Waals surface area contributed by atoms with Crippen LogP contribution in [-0.2, 0) is 4.79 Å². The van der Waals surface area contributed by atoms with Crippen molar-refractivity contribution in [1.29, 1.82) is 0 Å². The van der Waals surface area contributed by atoms with Crippen LogP contribution in [0.4, 0.5) is 5.69 Å². The summed E-state index contributed by atoms with van der Waals surface area (Å²) in [6.45, 7) is 8.51. The molecule has 2 N–H and O–H groups in total. The fourth-order valence-corrected chi connectivity index (χ4v) is 3.84. The second-order valence-corrected chi connectivity index (χ2v) is 8.68. The summed E-state index contributed by atoms with van der Waals surface area (Å²) in [6, 6.07) is 24.4. The van der Waals surface area contributed by atoms with Crippen molar-refractivity contribution in [1.82, 2.24) is 5.32 Å². The van der Waals surface area contributed by atoms with Gasteiger partial charge in [-0.15, -0.1) is 0 Å². The second-order valence-electron chi connectivity index (χ2n) is 8.68. The van der Waals surface area contributed by atoms with Gasteiger partial charge in [-0.1, -0.05) is 94.4 Å². The minimum atomic E-state index is -0.433. The fraction of sp³-hybridized carbons (Fsp3) is 0.286. The van der Waals surface area contributed by atoms with Gasteiger partial charge in [0, 0.05) is 11.3 Å². The molecule has 0 aliphatic carbocycles. The number of carbonyl (C=O) groups is 2. The van der Waals surface area contributed by atoms with Crippen molar-refractivity contribution >= 4 is 17.5 Å². The molecule has 1 atom stereocenters. The van der Waals surface area contributed by atoms with Gasteiger partial charge in [0.1, 0.15) is 0 Å². The van der Waals surface area contributed by atoms with E-state index in [1.165, 1.54) is 0 Å². The Morgan fingerprint density at radius 3 is 1.78 bits per heavy atom. The van der Waals surface area contributed by atoms with Crippen LogP contribution >= 0.6 is 0 Å². The molecule has 32 heavy (non-hydrogen) atoms. The van der Waals surface area contributed by atoms with Gasteiger partial charge >= 0.3 is 0 Å². The van der Waals surface area contributed by atoms with Crippen molar-refractivity contribution in [3.8, 4) is 0 Å². The molecule has 0 bridgehead atoms. The molecule has 0 fully saturated rings. The van der Waals surface area contributed by atoms with Gasteiger partial charge in [-0.2, -0.15) is 0 Å². The summed E-state index contributed by atoms with van der Waals surface area (Å²) in [5.41, 5.74) is 4.60. The van der Waals surface area contributed by atoms with E-state index in [0.29, 0.717) is 5.56 Å². The molecule has 0 aromatic heterocycles. The number of rotatable bonds is 8. The smallest absolute Gasteiger partial charge is 0.251 e. The van der Waals surface area contributed by atoms with Gasteiger partial charge in [-0.25, -0.2) is 0 Å². The van der Waals surface area contributed by atoms with Crippen molar-refractivity contribution in [2.75, 3.05) is 5.32 Å². The molecule has 166 valence electrons. The minimum Gasteiger partial charge on any atom is -0.345 e. The molecule has 0 heterocycles. The third-order valence-electron chi connectivity index (χ3n) is 5.57. The van der Waals surface area contributed by atoms with Crippen LogP contribution < -0.4 is 10.6 Å². The van der Waals surface area contributed by atoms with E-state index in [4.69, 9.17) is 0 Å². The number of benzene rings is 3. The van der Waals surface area contributed by atoms with Crippen LogP contribution in [0, 0.1) is 0 Å². The molecule has 3 aromatic rings. The number of hydrogen-bond donors (Lipinski definition) is 2. The molecule has 1 unspecified atom stereocenters. The van der Waals surface area contributed by atoms with Gasteiger partial charge in [0.15, 0.2) is 0 Å². The Balaban J connectivity index is 1.84. The zero-order valence-electron chi connectivity index (χ0n) is 19.3. The standard InChI is InChI=1S/C28H32N2O2/c1-19(2)23-16-11-17-24(20(3)4)27(23)30-26(31)18-25(21-12-7-5-8-13-21)29-28(32)22-14-9-6-10-15-22/h5-17,19-20,25H,18H2,1-4H3,(H,29,32)(H,30,31). The molecule has 0 radical (unpaired) electrons. The summed E-state index contributed by atoms with van der Waals surface area (Å²) < 4.78 is 0. The van der Waals surface area contributed by atoms with E-state index in [0.717, 1.165) is 22.4 Å². The molecule has 3 aromatic carbocycles. The first-order chi connectivity index (χ1) is 15.4. The normalized spacial score (nSPS) is 11.9. The predicted molar refractivity (Wildman–Crippen MR) is 131 cm³/mol. The van der Waals surface area contributed by atoms with E-state index in [1.54, 1.807) is 12.1 Å². The molecular formula is C28H32N2O2. The van der Waals surface area contributed by atoms with Crippen LogP contribution in [0.3, 0.4) is 0 Å². The van der Waals surface area contributed by atoms with Crippen molar-refractivity contribution in [2.24, 2.45) is 0 Å². The molecule has 0 spiro atoms. The highest BCUT2D eigenvalue weighted by atomic mass is 16.2. The number of carbonyl (C=O) groups excluding carboxylic acids is 2. The highest BCUT2D eigenvalue weighted by Gasteiger charge is 2.21. The van der Waals surface area contributed by atoms with Crippen LogP contribution in [0.1, 0.15) is 79.0 Å². The molecule has 2 amide bonds. The summed E-state index contributed by atoms with van der Waals surface area (Å²) in [4.78, 5) is 26.0. The lowest BCUT2D eigenvalue weighted by Gasteiger charge is -2.22. The molecule has 0 saturated carbocycles. The lowest BCUT2D eigenvalue weighted by atomic mass is 9.92. The van der Waals surface area contributed by atoms with Gasteiger partial charge < -0.3 is 10.6 Å². The first-order valence-corrected chi connectivity index (χ1v) is 11.2. The number of nitrogens with one attached hydrogen (secondary N) is 2. The Labute approximate surface area is 191 Å². The van der Waals surface area contributed by atoms with Crippen LogP contribution in [-0.4, -0.2) is 11.8 Å². The SMILES string of the molecule is CC(C)c1cccc(C(C)C)c1NC(=O)CC(NC(=O)c1ccccc1)c1ccccc1. The number of anilines is 1. The first-order valence-electron chi connectivity index (χ1n) is 11.2. The maximum absolute atomic E-state index is 13.2. The van der Waals surface area contributed by atoms with Gasteiger partial charge in [0.05, 0.1) is 12.5 Å². The van der Waals surface area contributed by atoms with E-state index in [2.05, 4.69) is 50.5 Å². The third kappa shape index (κ3) is 5.85. The topological polar surface area (TPSA) is 58.2 Å². The molecule has 0 saturated heterocycles. The van der Waals surface area contributed by atoms with Gasteiger partial charge in [0.25, 0.3) is 5.91 Å². The van der Waals surface area contributed by atoms with E-state index in [-0.39, 0.29) is 30.1 Å². The lowest BCUT2D eigenvalue weighted by molar-refractivity contribution is -0.116. The zero-order chi connectivity index (χ0) is 23.1. The Morgan fingerprint density at radius 1 is 0.719 bits per heavy atom. The molecule has 4 heteroatoms. The van der Waals surface area contributed by atoms with E-state index >= 15 is 0 Å². The Kier molecular flexibility index (Phi) is 7.82. The quantitative estimate of drug-likeness (QED) is 0.434. The Hall–Kier alpha value is -3.40. The molecule has 4 nitrogen and oxygen atoms in total. The van der Waals surface area contributed by atoms with Crippen molar-refractivity contribution in [3.05, 3.63) is 101 Å². The maximum atomic E-state index is 13.2. The minimum absolute atomic E-state index is 0.123. The second kappa shape index (κ2) is 10.8. The zero-order valence-corrected chi connectivity index (χ0v) is 19.3. The monoisotopic (exact) mass is 428 g/mol. The van der Waals surface area contributed by atoms with Crippen LogP contribution in [0.5, 0.6) is 0 Å². The number of amides is 2. The molecular weight excluding hydrogens is 396 g/mol. The highest BCUT2D eigenvalue weighted by Crippen LogP contribution is 2.33. The van der Waals surface area contributed by atoms with Gasteiger partial charge in [-0.05, 0) is 40.7 Å². The first kappa shape index (κ1) is 23.3. The maximum Gasteiger partial charge on any atom is 0.251 e. The Morgan fingerprint density at radius 2 is 1.25 bits per heavy atom. The van der Waals surface area contributed by atoms with Gasteiger partial charge in [-0.3, -0.25) is 9.59 Å². The van der Waals surface area contributed by atoms with E-state index < -0.39 is 6.04 Å². The van der Waals surface area contributed by atoms with Crippen molar-refractivity contribution < 1.29 is 9.59 Å². The van der Waals surface area contributed by atoms with E-state index in [9.17, 15) is 9.59 Å². The average Bonchev–Trinajstić information content (AvgIpc) is 2.79. The summed E-state index contributed by atoms with van der Waals surface area (Å²) in [5, 5.41) is 6.21. The van der Waals surface area contributed by atoms with Gasteiger partial charge in [0.2, 0.25) is 5.91 Å². The Bertz CT molecular complexity index is 1020. The molecule has 0 aliphatic heterocycles. The molecule has 3 rings (SSSR count). The van der Waals surface area contributed by atoms with Crippen LogP contribution in [0.25, 0.3) is 0 Å². The number of hydrogen-bond acceptors (Lipinski definition) is 2. The summed E-state index contributed by atoms with van der Waals surface area (Å²) in [6.07, 6.45) is 0.145. The van der Waals surface area contributed by atoms with Crippen LogP contribution in [0.15, 0.2) is 78.9 Å². The van der Waals surface area contributed by atoms with Crippen LogP contribution in [0.2, 0.25) is 0 Å². The predicted octanol–water partition coefficient (Wildman–Crippen LogP) is 6.43. The summed E-state index contributed by atoms with van der Waals surface area (Å²) in [5.74, 6) is 0.248. The number of para-hydroxylation sites is 1. The average molecular weight is 429 g/mol. The highest BCUT2D eigenvalue weighted by molar-refractivity contribution is 5.96. The van der Waals surface area contributed by atoms with Crippen molar-refractivity contribution in [2.45, 2.75) is 52.0 Å². The largest absolute Gasteiger partial charge is 0.345 e. The van der Waals surface area contributed by atoms with Crippen molar-refractivity contribution in [3.63, 3.8) is 0 Å². The summed E-state index contributed by atoms with van der Waals surface area (Å²) in [7, 11) is 0. The van der Waals surface area contributed by atoms with E-state index in [1.807, 2.05) is 54.6 Å². The lowest BCUT2D eigenvalue weighted by Crippen LogP contribution is -2.31. The third-order valence-corrected chi connectivity index (χ3v) is 5.57.